The molecule has 3 rings (SSSR count). The first-order valence-electron chi connectivity index (χ1n) is 6.52. The number of hydrogen-bond acceptors (Lipinski definition) is 5. The van der Waals surface area contributed by atoms with Crippen LogP contribution in [0.4, 0.5) is 0 Å². The van der Waals surface area contributed by atoms with Crippen molar-refractivity contribution in [3.63, 3.8) is 0 Å². The number of fused-ring (bicyclic) bond motifs is 1. The van der Waals surface area contributed by atoms with Gasteiger partial charge in [0.1, 0.15) is 5.76 Å². The fraction of sp³-hybridized carbons (Fsp3) is 0.385. The molecule has 21 heavy (non-hydrogen) atoms. The maximum absolute atomic E-state index is 12.5. The molecule has 0 bridgehead atoms. The van der Waals surface area contributed by atoms with E-state index in [1.165, 1.54) is 15.5 Å². The molecule has 0 aliphatic heterocycles. The number of nitrogens with zero attached hydrogens (tertiary/aromatic N) is 5. The van der Waals surface area contributed by atoms with E-state index in [-0.39, 0.29) is 17.8 Å². The van der Waals surface area contributed by atoms with Gasteiger partial charge in [-0.2, -0.15) is 0 Å². The zero-order valence-corrected chi connectivity index (χ0v) is 12.0. The van der Waals surface area contributed by atoms with Crippen LogP contribution in [0.25, 0.3) is 11.2 Å². The van der Waals surface area contributed by atoms with Crippen LogP contribution in [0.15, 0.2) is 26.5 Å². The second kappa shape index (κ2) is 4.72. The first-order chi connectivity index (χ1) is 9.99. The highest BCUT2D eigenvalue weighted by Gasteiger charge is 2.15. The van der Waals surface area contributed by atoms with Crippen LogP contribution in [0, 0.1) is 6.92 Å². The molecule has 0 aromatic carbocycles. The minimum absolute atomic E-state index is 0.237. The van der Waals surface area contributed by atoms with Crippen LogP contribution in [0.3, 0.4) is 0 Å². The average molecular weight is 289 g/mol. The maximum Gasteiger partial charge on any atom is 0.332 e. The lowest BCUT2D eigenvalue weighted by atomic mass is 10.3. The molecule has 3 aromatic heterocycles. The van der Waals surface area contributed by atoms with Crippen LogP contribution in [0.5, 0.6) is 0 Å². The standard InChI is InChI=1S/C13H15N5O3/c1-8-6-9(21-15-8)4-5-18-12(19)10-11(14-7-16(10)2)17(3)13(18)20/h6-7H,4-5H2,1-3H3. The molecule has 0 fully saturated rings. The Kier molecular flexibility index (Phi) is 3.00. The lowest BCUT2D eigenvalue weighted by molar-refractivity contribution is 0.371. The summed E-state index contributed by atoms with van der Waals surface area (Å²) < 4.78 is 9.29. The number of aromatic nitrogens is 5. The van der Waals surface area contributed by atoms with Gasteiger partial charge in [0.25, 0.3) is 5.56 Å². The number of aryl methyl sites for hydroxylation is 4. The lowest BCUT2D eigenvalue weighted by Crippen LogP contribution is -2.40. The van der Waals surface area contributed by atoms with Crippen LogP contribution in [0.2, 0.25) is 0 Å². The summed E-state index contributed by atoms with van der Waals surface area (Å²) in [4.78, 5) is 28.8. The molecule has 0 unspecified atom stereocenters. The molecule has 110 valence electrons. The predicted molar refractivity (Wildman–Crippen MR) is 75.2 cm³/mol. The summed E-state index contributed by atoms with van der Waals surface area (Å²) in [5.74, 6) is 0.645. The highest BCUT2D eigenvalue weighted by atomic mass is 16.5. The Morgan fingerprint density at radius 1 is 1.29 bits per heavy atom. The largest absolute Gasteiger partial charge is 0.361 e. The molecule has 0 N–H and O–H groups in total. The van der Waals surface area contributed by atoms with Gasteiger partial charge >= 0.3 is 5.69 Å². The molecule has 0 saturated carbocycles. The van der Waals surface area contributed by atoms with Crippen molar-refractivity contribution in [3.8, 4) is 0 Å². The molecular formula is C13H15N5O3. The Morgan fingerprint density at radius 2 is 2.05 bits per heavy atom. The van der Waals surface area contributed by atoms with Crippen molar-refractivity contribution < 1.29 is 4.52 Å². The molecule has 8 nitrogen and oxygen atoms in total. The quantitative estimate of drug-likeness (QED) is 0.676. The molecular weight excluding hydrogens is 274 g/mol. The van der Waals surface area contributed by atoms with E-state index >= 15 is 0 Å². The Bertz CT molecular complexity index is 928. The number of imidazole rings is 1. The maximum atomic E-state index is 12.5. The van der Waals surface area contributed by atoms with E-state index in [0.717, 1.165) is 5.69 Å². The van der Waals surface area contributed by atoms with E-state index in [0.29, 0.717) is 23.3 Å². The SMILES string of the molecule is Cc1cc(CCn2c(=O)c3c(ncn3C)n(C)c2=O)on1. The highest BCUT2D eigenvalue weighted by Crippen LogP contribution is 2.05. The van der Waals surface area contributed by atoms with E-state index in [1.807, 2.05) is 6.92 Å². The zero-order valence-electron chi connectivity index (χ0n) is 12.0. The third-order valence-corrected chi connectivity index (χ3v) is 3.46. The minimum Gasteiger partial charge on any atom is -0.361 e. The molecule has 0 atom stereocenters. The van der Waals surface area contributed by atoms with Gasteiger partial charge in [0.05, 0.1) is 12.0 Å². The van der Waals surface area contributed by atoms with E-state index in [2.05, 4.69) is 10.1 Å². The van der Waals surface area contributed by atoms with Gasteiger partial charge < -0.3 is 9.09 Å². The molecule has 0 aliphatic rings. The van der Waals surface area contributed by atoms with Gasteiger partial charge in [0, 0.05) is 33.1 Å². The Morgan fingerprint density at radius 3 is 2.71 bits per heavy atom. The second-order valence-corrected chi connectivity index (χ2v) is 5.01. The van der Waals surface area contributed by atoms with Crippen LogP contribution in [-0.2, 0) is 27.1 Å². The summed E-state index contributed by atoms with van der Waals surface area (Å²) >= 11 is 0. The van der Waals surface area contributed by atoms with Gasteiger partial charge in [0.15, 0.2) is 11.2 Å². The van der Waals surface area contributed by atoms with Gasteiger partial charge in [-0.05, 0) is 6.92 Å². The van der Waals surface area contributed by atoms with Crippen LogP contribution < -0.4 is 11.2 Å². The molecule has 0 saturated heterocycles. The van der Waals surface area contributed by atoms with Crippen LogP contribution in [0.1, 0.15) is 11.5 Å². The summed E-state index contributed by atoms with van der Waals surface area (Å²) in [7, 11) is 3.33. The van der Waals surface area contributed by atoms with Crippen LogP contribution in [-0.4, -0.2) is 23.8 Å². The normalized spacial score (nSPS) is 11.4. The van der Waals surface area contributed by atoms with E-state index in [1.54, 1.807) is 24.7 Å². The Balaban J connectivity index is 2.08. The average Bonchev–Trinajstić information content (AvgIpc) is 3.03. The summed E-state index contributed by atoms with van der Waals surface area (Å²) in [5.41, 5.74) is 0.837. The topological polar surface area (TPSA) is 87.9 Å². The first kappa shape index (κ1) is 13.3. The number of rotatable bonds is 3. The first-order valence-corrected chi connectivity index (χ1v) is 6.52. The van der Waals surface area contributed by atoms with Crippen molar-refractivity contribution in [2.45, 2.75) is 19.9 Å². The Labute approximate surface area is 119 Å². The van der Waals surface area contributed by atoms with Crippen molar-refractivity contribution in [3.05, 3.63) is 44.7 Å². The Hall–Kier alpha value is -2.64. The van der Waals surface area contributed by atoms with Gasteiger partial charge in [-0.25, -0.2) is 9.78 Å². The van der Waals surface area contributed by atoms with Gasteiger partial charge in [-0.3, -0.25) is 13.9 Å². The molecule has 0 radical (unpaired) electrons. The third kappa shape index (κ3) is 2.08. The molecule has 3 aromatic rings. The van der Waals surface area contributed by atoms with Crippen molar-refractivity contribution in [2.75, 3.05) is 0 Å². The smallest absolute Gasteiger partial charge is 0.332 e. The fourth-order valence-electron chi connectivity index (χ4n) is 2.35. The predicted octanol–water partition coefficient (Wildman–Crippen LogP) is -0.0272. The molecule has 3 heterocycles. The van der Waals surface area contributed by atoms with E-state index in [9.17, 15) is 9.59 Å². The minimum atomic E-state index is -0.387. The zero-order chi connectivity index (χ0) is 15.1. The summed E-state index contributed by atoms with van der Waals surface area (Å²) in [5, 5.41) is 3.79. The summed E-state index contributed by atoms with van der Waals surface area (Å²) in [6, 6.07) is 1.79. The molecule has 0 spiro atoms. The van der Waals surface area contributed by atoms with E-state index < -0.39 is 0 Å². The molecule has 0 aliphatic carbocycles. The summed E-state index contributed by atoms with van der Waals surface area (Å²) in [6.45, 7) is 2.06. The van der Waals surface area contributed by atoms with Crippen molar-refractivity contribution in [1.82, 2.24) is 23.8 Å². The summed E-state index contributed by atoms with van der Waals surface area (Å²) in [6.07, 6.45) is 1.95. The van der Waals surface area contributed by atoms with E-state index in [4.69, 9.17) is 4.52 Å². The fourth-order valence-corrected chi connectivity index (χ4v) is 2.35. The lowest BCUT2D eigenvalue weighted by Gasteiger charge is -2.07. The van der Waals surface area contributed by atoms with Gasteiger partial charge in [-0.1, -0.05) is 5.16 Å². The van der Waals surface area contributed by atoms with Crippen molar-refractivity contribution >= 4 is 11.2 Å². The monoisotopic (exact) mass is 289 g/mol. The van der Waals surface area contributed by atoms with Gasteiger partial charge in [0.2, 0.25) is 0 Å². The van der Waals surface area contributed by atoms with Crippen LogP contribution >= 0.6 is 0 Å². The van der Waals surface area contributed by atoms with Crippen molar-refractivity contribution in [1.29, 1.82) is 0 Å². The number of hydrogen-bond donors (Lipinski definition) is 0. The highest BCUT2D eigenvalue weighted by molar-refractivity contribution is 5.69. The molecule has 8 heteroatoms. The second-order valence-electron chi connectivity index (χ2n) is 5.01. The molecule has 0 amide bonds. The van der Waals surface area contributed by atoms with Gasteiger partial charge in [-0.15, -0.1) is 0 Å². The van der Waals surface area contributed by atoms with Crippen molar-refractivity contribution in [2.24, 2.45) is 14.1 Å². The third-order valence-electron chi connectivity index (χ3n) is 3.46.